The fourth-order valence-corrected chi connectivity index (χ4v) is 4.15. The van der Waals surface area contributed by atoms with Crippen LogP contribution in [-0.4, -0.2) is 46.7 Å². The van der Waals surface area contributed by atoms with Crippen LogP contribution in [-0.2, 0) is 4.79 Å². The second kappa shape index (κ2) is 11.2. The number of amides is 1. The maximum atomic E-state index is 12.4. The maximum absolute atomic E-state index is 12.4. The average molecular weight is 505 g/mol. The van der Waals surface area contributed by atoms with E-state index in [9.17, 15) is 4.79 Å². The number of carbonyl (C=O) groups is 1. The lowest BCUT2D eigenvalue weighted by Gasteiger charge is -2.11. The molecule has 35 heavy (non-hydrogen) atoms. The first-order chi connectivity index (χ1) is 16.9. The summed E-state index contributed by atoms with van der Waals surface area (Å²) < 4.78 is 1.94. The number of rotatable bonds is 8. The zero-order chi connectivity index (χ0) is 24.8. The minimum Gasteiger partial charge on any atom is -0.378 e. The van der Waals surface area contributed by atoms with Gasteiger partial charge in [-0.15, -0.1) is 10.2 Å². The molecule has 0 radical (unpaired) electrons. The van der Waals surface area contributed by atoms with Gasteiger partial charge in [0.1, 0.15) is 0 Å². The highest BCUT2D eigenvalue weighted by Gasteiger charge is 2.17. The van der Waals surface area contributed by atoms with Crippen molar-refractivity contribution in [2.75, 3.05) is 24.7 Å². The lowest BCUT2D eigenvalue weighted by Crippen LogP contribution is -2.20. The smallest absolute Gasteiger partial charge is 0.250 e. The van der Waals surface area contributed by atoms with Crippen molar-refractivity contribution in [1.29, 1.82) is 0 Å². The third-order valence-corrected chi connectivity index (χ3v) is 6.35. The number of halogens is 1. The van der Waals surface area contributed by atoms with Gasteiger partial charge in [0.15, 0.2) is 11.0 Å². The molecule has 3 aromatic carbocycles. The summed E-state index contributed by atoms with van der Waals surface area (Å²) in [6.07, 6.45) is 1.62. The number of benzene rings is 3. The molecule has 0 atom stereocenters. The molecule has 0 saturated carbocycles. The predicted octanol–water partition coefficient (Wildman–Crippen LogP) is 5.20. The maximum Gasteiger partial charge on any atom is 0.250 e. The third-order valence-electron chi connectivity index (χ3n) is 5.17. The fraction of sp³-hybridized carbons (Fsp3) is 0.154. The normalized spacial score (nSPS) is 11.1. The van der Waals surface area contributed by atoms with Crippen LogP contribution in [0.15, 0.2) is 83.1 Å². The Hall–Kier alpha value is -3.62. The van der Waals surface area contributed by atoms with Crippen molar-refractivity contribution >= 4 is 41.2 Å². The molecule has 0 unspecified atom stereocenters. The molecule has 0 aliphatic heterocycles. The molecule has 0 bridgehead atoms. The summed E-state index contributed by atoms with van der Waals surface area (Å²) in [5.74, 6) is 0.580. The van der Waals surface area contributed by atoms with Crippen LogP contribution in [0.4, 0.5) is 5.69 Å². The SMILES string of the molecule is Cc1ccc(-n2c(SCC(=O)NN=Cc3ccc(N(C)C)cc3)nnc2-c2ccc(Cl)cc2)cc1. The van der Waals surface area contributed by atoms with Crippen LogP contribution >= 0.6 is 23.4 Å². The van der Waals surface area contributed by atoms with Crippen LogP contribution in [0, 0.1) is 6.92 Å². The van der Waals surface area contributed by atoms with Crippen LogP contribution in [0.25, 0.3) is 17.1 Å². The highest BCUT2D eigenvalue weighted by molar-refractivity contribution is 7.99. The van der Waals surface area contributed by atoms with E-state index in [1.54, 1.807) is 6.21 Å². The molecule has 1 amide bonds. The number of hydrazone groups is 1. The quantitative estimate of drug-likeness (QED) is 0.203. The van der Waals surface area contributed by atoms with Gasteiger partial charge in [-0.1, -0.05) is 53.2 Å². The summed E-state index contributed by atoms with van der Waals surface area (Å²) >= 11 is 7.35. The average Bonchev–Trinajstić information content (AvgIpc) is 3.28. The topological polar surface area (TPSA) is 75.4 Å². The second-order valence-electron chi connectivity index (χ2n) is 8.05. The zero-order valence-corrected chi connectivity index (χ0v) is 21.2. The number of anilines is 1. The van der Waals surface area contributed by atoms with Crippen molar-refractivity contribution in [1.82, 2.24) is 20.2 Å². The van der Waals surface area contributed by atoms with Crippen LogP contribution in [0.5, 0.6) is 0 Å². The summed E-state index contributed by atoms with van der Waals surface area (Å²) in [5.41, 5.74) is 7.51. The van der Waals surface area contributed by atoms with Gasteiger partial charge in [0.2, 0.25) is 0 Å². The van der Waals surface area contributed by atoms with Gasteiger partial charge in [0, 0.05) is 36.1 Å². The first-order valence-corrected chi connectivity index (χ1v) is 12.3. The largest absolute Gasteiger partial charge is 0.378 e. The van der Waals surface area contributed by atoms with E-state index in [0.717, 1.165) is 28.1 Å². The molecule has 178 valence electrons. The highest BCUT2D eigenvalue weighted by atomic mass is 35.5. The highest BCUT2D eigenvalue weighted by Crippen LogP contribution is 2.28. The molecule has 4 aromatic rings. The number of nitrogens with zero attached hydrogens (tertiary/aromatic N) is 5. The molecule has 0 saturated heterocycles. The molecule has 1 heterocycles. The minimum absolute atomic E-state index is 0.140. The van der Waals surface area contributed by atoms with Crippen molar-refractivity contribution < 1.29 is 4.79 Å². The molecule has 7 nitrogen and oxygen atoms in total. The molecule has 9 heteroatoms. The van der Waals surface area contributed by atoms with E-state index >= 15 is 0 Å². The fourth-order valence-electron chi connectivity index (χ4n) is 3.28. The number of aromatic nitrogens is 3. The van der Waals surface area contributed by atoms with Gasteiger partial charge >= 0.3 is 0 Å². The summed E-state index contributed by atoms with van der Waals surface area (Å²) in [5, 5.41) is 14.1. The van der Waals surface area contributed by atoms with E-state index in [1.165, 1.54) is 11.8 Å². The van der Waals surface area contributed by atoms with Gasteiger partial charge in [-0.2, -0.15) is 5.10 Å². The lowest BCUT2D eigenvalue weighted by molar-refractivity contribution is -0.118. The first-order valence-electron chi connectivity index (χ1n) is 10.9. The number of aryl methyl sites for hydroxylation is 1. The molecule has 4 rings (SSSR count). The molecular weight excluding hydrogens is 480 g/mol. The van der Waals surface area contributed by atoms with Crippen molar-refractivity contribution in [3.8, 4) is 17.1 Å². The first kappa shape index (κ1) is 24.5. The minimum atomic E-state index is -0.234. The molecular formula is C26H25ClN6OS. The number of carbonyl (C=O) groups excluding carboxylic acids is 1. The molecule has 0 aliphatic carbocycles. The van der Waals surface area contributed by atoms with Crippen LogP contribution < -0.4 is 10.3 Å². The lowest BCUT2D eigenvalue weighted by atomic mass is 10.2. The van der Waals surface area contributed by atoms with Crippen molar-refractivity contribution in [2.24, 2.45) is 5.10 Å². The Kier molecular flexibility index (Phi) is 7.84. The number of nitrogens with one attached hydrogen (secondary N) is 1. The standard InChI is InChI=1S/C26H25ClN6OS/c1-18-4-12-23(13-5-18)33-25(20-8-10-21(27)11-9-20)30-31-26(33)35-17-24(34)29-28-16-19-6-14-22(15-7-19)32(2)3/h4-16H,17H2,1-3H3,(H,29,34). The Morgan fingerprint density at radius 2 is 1.71 bits per heavy atom. The van der Waals surface area contributed by atoms with E-state index in [4.69, 9.17) is 11.6 Å². The third kappa shape index (κ3) is 6.29. The molecule has 0 fully saturated rings. The second-order valence-corrected chi connectivity index (χ2v) is 9.43. The van der Waals surface area contributed by atoms with Crippen molar-refractivity contribution in [3.63, 3.8) is 0 Å². The number of hydrogen-bond donors (Lipinski definition) is 1. The molecule has 0 spiro atoms. The van der Waals surface area contributed by atoms with Gasteiger partial charge < -0.3 is 4.90 Å². The Morgan fingerprint density at radius 1 is 1.03 bits per heavy atom. The van der Waals surface area contributed by atoms with Crippen LogP contribution in [0.3, 0.4) is 0 Å². The van der Waals surface area contributed by atoms with Crippen molar-refractivity contribution in [2.45, 2.75) is 12.1 Å². The van der Waals surface area contributed by atoms with Gasteiger partial charge in [-0.05, 0) is 61.0 Å². The summed E-state index contributed by atoms with van der Waals surface area (Å²) in [6.45, 7) is 2.03. The number of thioether (sulfide) groups is 1. The summed E-state index contributed by atoms with van der Waals surface area (Å²) in [6, 6.07) is 23.4. The molecule has 1 aromatic heterocycles. The van der Waals surface area contributed by atoms with Crippen LogP contribution in [0.1, 0.15) is 11.1 Å². The Labute approximate surface area is 213 Å². The molecule has 1 N–H and O–H groups in total. The van der Waals surface area contributed by atoms with E-state index < -0.39 is 0 Å². The van der Waals surface area contributed by atoms with Crippen LogP contribution in [0.2, 0.25) is 5.02 Å². The van der Waals surface area contributed by atoms with Gasteiger partial charge in [-0.3, -0.25) is 9.36 Å². The van der Waals surface area contributed by atoms with E-state index in [-0.39, 0.29) is 11.7 Å². The monoisotopic (exact) mass is 504 g/mol. The zero-order valence-electron chi connectivity index (χ0n) is 19.6. The van der Waals surface area contributed by atoms with Crippen molar-refractivity contribution in [3.05, 3.63) is 88.9 Å². The Morgan fingerprint density at radius 3 is 2.37 bits per heavy atom. The van der Waals surface area contributed by atoms with Gasteiger partial charge in [0.25, 0.3) is 5.91 Å². The van der Waals surface area contributed by atoms with E-state index in [2.05, 4.69) is 20.7 Å². The van der Waals surface area contributed by atoms with Gasteiger partial charge in [0.05, 0.1) is 12.0 Å². The summed E-state index contributed by atoms with van der Waals surface area (Å²) in [4.78, 5) is 14.5. The summed E-state index contributed by atoms with van der Waals surface area (Å²) in [7, 11) is 3.97. The molecule has 0 aliphatic rings. The number of hydrogen-bond acceptors (Lipinski definition) is 6. The van der Waals surface area contributed by atoms with E-state index in [1.807, 2.05) is 103 Å². The Bertz CT molecular complexity index is 1320. The van der Waals surface area contributed by atoms with Gasteiger partial charge in [-0.25, -0.2) is 5.43 Å². The van der Waals surface area contributed by atoms with E-state index in [0.29, 0.717) is 16.0 Å². The Balaban J connectivity index is 1.47. The predicted molar refractivity (Wildman–Crippen MR) is 144 cm³/mol.